The zero-order chi connectivity index (χ0) is 17.2. The lowest BCUT2D eigenvalue weighted by Crippen LogP contribution is -2.39. The van der Waals surface area contributed by atoms with Crippen LogP contribution in [-0.2, 0) is 18.3 Å². The molecule has 7 nitrogen and oxygen atoms in total. The molecule has 1 heterocycles. The van der Waals surface area contributed by atoms with Crippen molar-refractivity contribution in [2.75, 3.05) is 19.7 Å². The van der Waals surface area contributed by atoms with Gasteiger partial charge in [0.2, 0.25) is 0 Å². The van der Waals surface area contributed by atoms with Gasteiger partial charge in [-0.15, -0.1) is 0 Å². The van der Waals surface area contributed by atoms with E-state index in [1.165, 1.54) is 25.7 Å². The number of aliphatic imine (C=N–C) groups is 1. The normalized spacial score (nSPS) is 17.2. The molecule has 1 saturated carbocycles. The minimum absolute atomic E-state index is 0.367. The summed E-state index contributed by atoms with van der Waals surface area (Å²) in [7, 11) is 1.88. The molecule has 0 aromatic carbocycles. The Morgan fingerprint density at radius 3 is 2.79 bits per heavy atom. The van der Waals surface area contributed by atoms with Crippen molar-refractivity contribution in [1.82, 2.24) is 25.4 Å². The molecule has 2 N–H and O–H groups in total. The van der Waals surface area contributed by atoms with E-state index in [0.29, 0.717) is 12.6 Å². The Bertz CT molecular complexity index is 495. The van der Waals surface area contributed by atoms with E-state index in [4.69, 9.17) is 4.74 Å². The Kier molecular flexibility index (Phi) is 8.01. The van der Waals surface area contributed by atoms with E-state index in [1.54, 1.807) is 11.0 Å². The Morgan fingerprint density at radius 1 is 1.38 bits per heavy atom. The number of hydrogen-bond donors (Lipinski definition) is 2. The highest BCUT2D eigenvalue weighted by atomic mass is 16.5. The summed E-state index contributed by atoms with van der Waals surface area (Å²) in [6.45, 7) is 7.17. The Labute approximate surface area is 145 Å². The number of nitrogens with one attached hydrogen (secondary N) is 2. The molecule has 1 aromatic rings. The van der Waals surface area contributed by atoms with Crippen molar-refractivity contribution in [1.29, 1.82) is 0 Å². The SMILES string of the molecule is CCNC(=NCc1ncnn1C)NCCC(OCC)C1CCCC1. The largest absolute Gasteiger partial charge is 0.378 e. The van der Waals surface area contributed by atoms with Crippen molar-refractivity contribution >= 4 is 5.96 Å². The van der Waals surface area contributed by atoms with E-state index >= 15 is 0 Å². The van der Waals surface area contributed by atoms with Crippen molar-refractivity contribution < 1.29 is 4.74 Å². The van der Waals surface area contributed by atoms with Gasteiger partial charge in [-0.05, 0) is 39.0 Å². The van der Waals surface area contributed by atoms with Crippen LogP contribution in [0.25, 0.3) is 0 Å². The molecule has 0 radical (unpaired) electrons. The summed E-state index contributed by atoms with van der Waals surface area (Å²) in [5, 5.41) is 10.8. The number of guanidine groups is 1. The average molecular weight is 336 g/mol. The van der Waals surface area contributed by atoms with Crippen LogP contribution >= 0.6 is 0 Å². The standard InChI is InChI=1S/C17H32N6O/c1-4-18-17(20-12-16-21-13-22-23(16)3)19-11-10-15(24-5-2)14-8-6-7-9-14/h13-15H,4-12H2,1-3H3,(H2,18,19,20). The molecule has 1 aliphatic carbocycles. The monoisotopic (exact) mass is 336 g/mol. The lowest BCUT2D eigenvalue weighted by Gasteiger charge is -2.24. The van der Waals surface area contributed by atoms with Gasteiger partial charge in [-0.25, -0.2) is 9.98 Å². The second kappa shape index (κ2) is 10.3. The van der Waals surface area contributed by atoms with Crippen LogP contribution in [0, 0.1) is 5.92 Å². The van der Waals surface area contributed by atoms with Crippen molar-refractivity contribution in [2.45, 2.75) is 58.6 Å². The fourth-order valence-electron chi connectivity index (χ4n) is 3.29. The van der Waals surface area contributed by atoms with Crippen molar-refractivity contribution in [3.63, 3.8) is 0 Å². The van der Waals surface area contributed by atoms with Gasteiger partial charge >= 0.3 is 0 Å². The lowest BCUT2D eigenvalue weighted by molar-refractivity contribution is 0.0169. The smallest absolute Gasteiger partial charge is 0.191 e. The van der Waals surface area contributed by atoms with E-state index in [9.17, 15) is 0 Å². The maximum Gasteiger partial charge on any atom is 0.191 e. The second-order valence-corrected chi connectivity index (χ2v) is 6.25. The predicted molar refractivity (Wildman–Crippen MR) is 95.8 cm³/mol. The number of ether oxygens (including phenoxy) is 1. The molecule has 1 fully saturated rings. The molecule has 0 aliphatic heterocycles. The van der Waals surface area contributed by atoms with Gasteiger partial charge in [0.15, 0.2) is 5.96 Å². The summed E-state index contributed by atoms with van der Waals surface area (Å²) in [5.74, 6) is 2.40. The van der Waals surface area contributed by atoms with Crippen LogP contribution in [0.5, 0.6) is 0 Å². The number of rotatable bonds is 9. The molecule has 136 valence electrons. The Hall–Kier alpha value is -1.63. The maximum atomic E-state index is 5.98. The third-order valence-electron chi connectivity index (χ3n) is 4.56. The van der Waals surface area contributed by atoms with Gasteiger partial charge in [-0.3, -0.25) is 4.68 Å². The summed E-state index contributed by atoms with van der Waals surface area (Å²) in [6, 6.07) is 0. The Balaban J connectivity index is 1.82. The maximum absolute atomic E-state index is 5.98. The molecule has 1 unspecified atom stereocenters. The molecule has 0 amide bonds. The molecule has 1 atom stereocenters. The highest BCUT2D eigenvalue weighted by molar-refractivity contribution is 5.79. The van der Waals surface area contributed by atoms with Gasteiger partial charge in [0, 0.05) is 26.7 Å². The van der Waals surface area contributed by atoms with Crippen LogP contribution in [0.4, 0.5) is 0 Å². The molecule has 7 heteroatoms. The first-order valence-electron chi connectivity index (χ1n) is 9.21. The highest BCUT2D eigenvalue weighted by Gasteiger charge is 2.25. The minimum atomic E-state index is 0.367. The van der Waals surface area contributed by atoms with Crippen molar-refractivity contribution in [3.05, 3.63) is 12.2 Å². The first kappa shape index (κ1) is 18.7. The Morgan fingerprint density at radius 2 is 2.17 bits per heavy atom. The van der Waals surface area contributed by atoms with E-state index < -0.39 is 0 Å². The summed E-state index contributed by atoms with van der Waals surface area (Å²) in [6.07, 6.45) is 8.27. The molecule has 1 aliphatic rings. The predicted octanol–water partition coefficient (Wildman–Crippen LogP) is 1.86. The van der Waals surface area contributed by atoms with Crippen LogP contribution in [0.2, 0.25) is 0 Å². The van der Waals surface area contributed by atoms with Gasteiger partial charge in [-0.2, -0.15) is 5.10 Å². The van der Waals surface area contributed by atoms with Crippen molar-refractivity contribution in [2.24, 2.45) is 18.0 Å². The zero-order valence-electron chi connectivity index (χ0n) is 15.3. The number of aromatic nitrogens is 3. The van der Waals surface area contributed by atoms with Gasteiger partial charge in [0.25, 0.3) is 0 Å². The molecule has 0 bridgehead atoms. The van der Waals surface area contributed by atoms with E-state index in [0.717, 1.165) is 43.8 Å². The van der Waals surface area contributed by atoms with Crippen LogP contribution in [-0.4, -0.2) is 46.5 Å². The molecule has 24 heavy (non-hydrogen) atoms. The fraction of sp³-hybridized carbons (Fsp3) is 0.824. The van der Waals surface area contributed by atoms with Gasteiger partial charge in [0.05, 0.1) is 6.10 Å². The summed E-state index contributed by atoms with van der Waals surface area (Å²) in [5.41, 5.74) is 0. The van der Waals surface area contributed by atoms with Gasteiger partial charge in [-0.1, -0.05) is 12.8 Å². The molecular weight excluding hydrogens is 304 g/mol. The van der Waals surface area contributed by atoms with Crippen LogP contribution in [0.15, 0.2) is 11.3 Å². The van der Waals surface area contributed by atoms with Gasteiger partial charge < -0.3 is 15.4 Å². The highest BCUT2D eigenvalue weighted by Crippen LogP contribution is 2.30. The minimum Gasteiger partial charge on any atom is -0.378 e. The van der Waals surface area contributed by atoms with Crippen LogP contribution in [0.1, 0.15) is 51.8 Å². The fourth-order valence-corrected chi connectivity index (χ4v) is 3.29. The molecule has 1 aromatic heterocycles. The van der Waals surface area contributed by atoms with Crippen LogP contribution in [0.3, 0.4) is 0 Å². The zero-order valence-corrected chi connectivity index (χ0v) is 15.3. The quantitative estimate of drug-likeness (QED) is 0.532. The second-order valence-electron chi connectivity index (χ2n) is 6.25. The average Bonchev–Trinajstić information content (AvgIpc) is 3.23. The van der Waals surface area contributed by atoms with E-state index in [2.05, 4.69) is 39.6 Å². The summed E-state index contributed by atoms with van der Waals surface area (Å²) >= 11 is 0. The van der Waals surface area contributed by atoms with E-state index in [1.807, 2.05) is 7.05 Å². The number of hydrogen-bond acceptors (Lipinski definition) is 4. The molecular formula is C17H32N6O. The van der Waals surface area contributed by atoms with Crippen LogP contribution < -0.4 is 10.6 Å². The molecule has 2 rings (SSSR count). The number of aryl methyl sites for hydroxylation is 1. The topological polar surface area (TPSA) is 76.4 Å². The first-order valence-corrected chi connectivity index (χ1v) is 9.21. The van der Waals surface area contributed by atoms with E-state index in [-0.39, 0.29) is 0 Å². The third kappa shape index (κ3) is 5.78. The third-order valence-corrected chi connectivity index (χ3v) is 4.56. The van der Waals surface area contributed by atoms with Crippen molar-refractivity contribution in [3.8, 4) is 0 Å². The first-order chi connectivity index (χ1) is 11.7. The number of nitrogens with zero attached hydrogens (tertiary/aromatic N) is 4. The summed E-state index contributed by atoms with van der Waals surface area (Å²) < 4.78 is 7.73. The lowest BCUT2D eigenvalue weighted by atomic mass is 9.98. The molecule has 0 spiro atoms. The molecule has 0 saturated heterocycles. The van der Waals surface area contributed by atoms with Gasteiger partial charge in [0.1, 0.15) is 18.7 Å². The summed E-state index contributed by atoms with van der Waals surface area (Å²) in [4.78, 5) is 8.79.